The van der Waals surface area contributed by atoms with E-state index in [0.29, 0.717) is 17.7 Å². The highest BCUT2D eigenvalue weighted by molar-refractivity contribution is 7.17. The van der Waals surface area contributed by atoms with Gasteiger partial charge in [-0.1, -0.05) is 0 Å². The minimum atomic E-state index is 0.0127. The molecule has 1 N–H and O–H groups in total. The lowest BCUT2D eigenvalue weighted by atomic mass is 10.2. The second-order valence-electron chi connectivity index (χ2n) is 5.51. The zero-order valence-corrected chi connectivity index (χ0v) is 13.7. The number of thiophene rings is 1. The standard InChI is InChI=1S/C16H18N4O2S/c1-2-20-15(21)13-11(12-4-3-9-22-12)10-23-14(13)18-16(20)19-7-5-17-6-8-19/h3-4,9-10,17H,2,5-8H2,1H3. The number of aromatic nitrogens is 2. The van der Waals surface area contributed by atoms with Gasteiger partial charge in [-0.25, -0.2) is 4.98 Å². The molecule has 0 spiro atoms. The SMILES string of the molecule is CCn1c(N2CCNCC2)nc2scc(-c3ccco3)c2c1=O. The van der Waals surface area contributed by atoms with Crippen LogP contribution in [0.1, 0.15) is 6.92 Å². The summed E-state index contributed by atoms with van der Waals surface area (Å²) in [6.07, 6.45) is 1.62. The Bertz CT molecular complexity index is 876. The maximum absolute atomic E-state index is 13.0. The van der Waals surface area contributed by atoms with E-state index in [9.17, 15) is 4.79 Å². The van der Waals surface area contributed by atoms with Gasteiger partial charge < -0.3 is 14.6 Å². The minimum absolute atomic E-state index is 0.0127. The molecule has 0 amide bonds. The smallest absolute Gasteiger partial charge is 0.264 e. The fraction of sp³-hybridized carbons (Fsp3) is 0.375. The molecular weight excluding hydrogens is 312 g/mol. The lowest BCUT2D eigenvalue weighted by Gasteiger charge is -2.29. The summed E-state index contributed by atoms with van der Waals surface area (Å²) in [5.41, 5.74) is 0.847. The third-order valence-electron chi connectivity index (χ3n) is 4.18. The van der Waals surface area contributed by atoms with E-state index in [0.717, 1.165) is 42.5 Å². The van der Waals surface area contributed by atoms with E-state index in [1.54, 1.807) is 10.8 Å². The lowest BCUT2D eigenvalue weighted by molar-refractivity contribution is 0.561. The van der Waals surface area contributed by atoms with Gasteiger partial charge in [-0.2, -0.15) is 0 Å². The van der Waals surface area contributed by atoms with E-state index >= 15 is 0 Å². The number of piperazine rings is 1. The quantitative estimate of drug-likeness (QED) is 0.797. The van der Waals surface area contributed by atoms with Gasteiger partial charge in [0, 0.05) is 43.7 Å². The van der Waals surface area contributed by atoms with E-state index in [2.05, 4.69) is 10.2 Å². The van der Waals surface area contributed by atoms with Crippen LogP contribution >= 0.6 is 11.3 Å². The summed E-state index contributed by atoms with van der Waals surface area (Å²) in [7, 11) is 0. The average Bonchev–Trinajstić information content (AvgIpc) is 3.24. The normalized spacial score (nSPS) is 15.4. The summed E-state index contributed by atoms with van der Waals surface area (Å²) < 4.78 is 7.24. The van der Waals surface area contributed by atoms with Gasteiger partial charge in [-0.05, 0) is 19.1 Å². The summed E-state index contributed by atoms with van der Waals surface area (Å²) in [6.45, 7) is 6.16. The van der Waals surface area contributed by atoms with E-state index in [-0.39, 0.29) is 5.56 Å². The Labute approximate surface area is 137 Å². The zero-order chi connectivity index (χ0) is 15.8. The highest BCUT2D eigenvalue weighted by atomic mass is 32.1. The molecule has 0 aromatic carbocycles. The van der Waals surface area contributed by atoms with Crippen LogP contribution in [-0.4, -0.2) is 35.7 Å². The van der Waals surface area contributed by atoms with Gasteiger partial charge >= 0.3 is 0 Å². The van der Waals surface area contributed by atoms with Crippen LogP contribution in [0.15, 0.2) is 33.0 Å². The predicted octanol–water partition coefficient (Wildman–Crippen LogP) is 2.15. The van der Waals surface area contributed by atoms with Gasteiger partial charge in [-0.15, -0.1) is 11.3 Å². The number of hydrogen-bond acceptors (Lipinski definition) is 6. The van der Waals surface area contributed by atoms with Crippen molar-refractivity contribution >= 4 is 27.5 Å². The Morgan fingerprint density at radius 3 is 2.91 bits per heavy atom. The molecule has 6 nitrogen and oxygen atoms in total. The van der Waals surface area contributed by atoms with E-state index in [1.165, 1.54) is 11.3 Å². The molecular formula is C16H18N4O2S. The number of rotatable bonds is 3. The van der Waals surface area contributed by atoms with E-state index in [4.69, 9.17) is 9.40 Å². The molecule has 3 aromatic rings. The van der Waals surface area contributed by atoms with Crippen LogP contribution in [-0.2, 0) is 6.54 Å². The van der Waals surface area contributed by atoms with Crippen LogP contribution in [0.3, 0.4) is 0 Å². The Morgan fingerprint density at radius 2 is 2.22 bits per heavy atom. The van der Waals surface area contributed by atoms with Crippen molar-refractivity contribution in [2.75, 3.05) is 31.1 Å². The van der Waals surface area contributed by atoms with Crippen molar-refractivity contribution in [1.82, 2.24) is 14.9 Å². The third-order valence-corrected chi connectivity index (χ3v) is 5.05. The van der Waals surface area contributed by atoms with Crippen molar-refractivity contribution < 1.29 is 4.42 Å². The number of nitrogens with zero attached hydrogens (tertiary/aromatic N) is 3. The average molecular weight is 330 g/mol. The molecule has 3 aromatic heterocycles. The maximum atomic E-state index is 13.0. The molecule has 0 saturated carbocycles. The molecule has 1 aliphatic rings. The lowest BCUT2D eigenvalue weighted by Crippen LogP contribution is -2.46. The molecule has 0 atom stereocenters. The third kappa shape index (κ3) is 2.36. The number of hydrogen-bond donors (Lipinski definition) is 1. The van der Waals surface area contributed by atoms with Crippen LogP contribution in [0.4, 0.5) is 5.95 Å². The number of anilines is 1. The van der Waals surface area contributed by atoms with Crippen LogP contribution in [0.25, 0.3) is 21.5 Å². The monoisotopic (exact) mass is 330 g/mol. The molecule has 0 unspecified atom stereocenters. The first-order chi connectivity index (χ1) is 11.3. The van der Waals surface area contributed by atoms with Crippen LogP contribution in [0.2, 0.25) is 0 Å². The molecule has 120 valence electrons. The first kappa shape index (κ1) is 14.5. The maximum Gasteiger partial charge on any atom is 0.264 e. The van der Waals surface area contributed by atoms with Crippen molar-refractivity contribution in [2.24, 2.45) is 0 Å². The van der Waals surface area contributed by atoms with Crippen LogP contribution in [0.5, 0.6) is 0 Å². The summed E-state index contributed by atoms with van der Waals surface area (Å²) in [5.74, 6) is 1.49. The van der Waals surface area contributed by atoms with Crippen molar-refractivity contribution in [3.63, 3.8) is 0 Å². The van der Waals surface area contributed by atoms with E-state index in [1.807, 2.05) is 24.4 Å². The van der Waals surface area contributed by atoms with Gasteiger partial charge in [0.05, 0.1) is 11.6 Å². The molecule has 1 saturated heterocycles. The van der Waals surface area contributed by atoms with Crippen molar-refractivity contribution in [3.8, 4) is 11.3 Å². The van der Waals surface area contributed by atoms with Gasteiger partial charge in [0.25, 0.3) is 5.56 Å². The summed E-state index contributed by atoms with van der Waals surface area (Å²) >= 11 is 1.50. The largest absolute Gasteiger partial charge is 0.464 e. The summed E-state index contributed by atoms with van der Waals surface area (Å²) in [4.78, 5) is 20.8. The molecule has 23 heavy (non-hydrogen) atoms. The molecule has 4 rings (SSSR count). The van der Waals surface area contributed by atoms with Gasteiger partial charge in [0.1, 0.15) is 10.6 Å². The van der Waals surface area contributed by atoms with Crippen LogP contribution < -0.4 is 15.8 Å². The molecule has 0 aliphatic carbocycles. The molecule has 0 radical (unpaired) electrons. The highest BCUT2D eigenvalue weighted by Crippen LogP contribution is 2.32. The van der Waals surface area contributed by atoms with E-state index < -0.39 is 0 Å². The zero-order valence-electron chi connectivity index (χ0n) is 12.9. The second-order valence-corrected chi connectivity index (χ2v) is 6.36. The Kier molecular flexibility index (Phi) is 3.66. The molecule has 4 heterocycles. The first-order valence-electron chi connectivity index (χ1n) is 7.81. The number of fused-ring (bicyclic) bond motifs is 1. The molecule has 7 heteroatoms. The number of nitrogens with one attached hydrogen (secondary N) is 1. The van der Waals surface area contributed by atoms with Crippen LogP contribution in [0, 0.1) is 0 Å². The fourth-order valence-electron chi connectivity index (χ4n) is 3.02. The highest BCUT2D eigenvalue weighted by Gasteiger charge is 2.21. The van der Waals surface area contributed by atoms with Crippen molar-refractivity contribution in [3.05, 3.63) is 34.1 Å². The van der Waals surface area contributed by atoms with Gasteiger partial charge in [-0.3, -0.25) is 9.36 Å². The minimum Gasteiger partial charge on any atom is -0.464 e. The summed E-state index contributed by atoms with van der Waals surface area (Å²) in [5, 5.41) is 5.95. The molecule has 1 aliphatic heterocycles. The Hall–Kier alpha value is -2.12. The number of furan rings is 1. The Balaban J connectivity index is 1.92. The second kappa shape index (κ2) is 5.82. The molecule has 1 fully saturated rings. The summed E-state index contributed by atoms with van der Waals surface area (Å²) in [6, 6.07) is 3.71. The van der Waals surface area contributed by atoms with Gasteiger partial charge in [0.2, 0.25) is 5.95 Å². The first-order valence-corrected chi connectivity index (χ1v) is 8.69. The predicted molar refractivity (Wildman–Crippen MR) is 92.3 cm³/mol. The molecule has 0 bridgehead atoms. The van der Waals surface area contributed by atoms with Gasteiger partial charge in [0.15, 0.2) is 0 Å². The van der Waals surface area contributed by atoms with Crippen molar-refractivity contribution in [1.29, 1.82) is 0 Å². The fourth-order valence-corrected chi connectivity index (χ4v) is 3.93. The Morgan fingerprint density at radius 1 is 1.39 bits per heavy atom. The topological polar surface area (TPSA) is 63.3 Å². The van der Waals surface area contributed by atoms with Crippen molar-refractivity contribution in [2.45, 2.75) is 13.5 Å².